The molecule has 0 aliphatic rings. The molecule has 2 aromatic rings. The first-order valence-corrected chi connectivity index (χ1v) is 8.56. The quantitative estimate of drug-likeness (QED) is 0.774. The number of nitrogens with zero attached hydrogens (tertiary/aromatic N) is 1. The Morgan fingerprint density at radius 2 is 1.88 bits per heavy atom. The molecule has 0 saturated carbocycles. The van der Waals surface area contributed by atoms with Crippen LogP contribution in [-0.2, 0) is 4.79 Å². The van der Waals surface area contributed by atoms with Crippen molar-refractivity contribution in [3.63, 3.8) is 0 Å². The van der Waals surface area contributed by atoms with Gasteiger partial charge in [-0.05, 0) is 62.7 Å². The fourth-order valence-corrected chi connectivity index (χ4v) is 2.74. The van der Waals surface area contributed by atoms with Crippen LogP contribution in [-0.4, -0.2) is 25.5 Å². The molecule has 0 saturated heterocycles. The number of carbonyl (C=O) groups is 1. The first kappa shape index (κ1) is 18.1. The molecular weight excluding hydrogens is 322 g/mol. The Hall–Kier alpha value is -2.20. The molecule has 0 atom stereocenters. The van der Waals surface area contributed by atoms with E-state index in [0.29, 0.717) is 5.02 Å². The molecule has 0 aromatic heterocycles. The van der Waals surface area contributed by atoms with Gasteiger partial charge in [0.25, 0.3) is 0 Å². The second-order valence-electron chi connectivity index (χ2n) is 5.58. The lowest BCUT2D eigenvalue weighted by Crippen LogP contribution is -2.23. The lowest BCUT2D eigenvalue weighted by atomic mass is 10.1. The summed E-state index contributed by atoms with van der Waals surface area (Å²) in [5.41, 5.74) is 3.89. The fourth-order valence-electron chi connectivity index (χ4n) is 2.55. The van der Waals surface area contributed by atoms with E-state index in [4.69, 9.17) is 11.6 Å². The largest absolute Gasteiger partial charge is 0.376 e. The van der Waals surface area contributed by atoms with Crippen LogP contribution in [0.25, 0.3) is 0 Å². The van der Waals surface area contributed by atoms with Crippen molar-refractivity contribution in [3.05, 3.63) is 53.1 Å². The summed E-state index contributed by atoms with van der Waals surface area (Å²) in [5, 5.41) is 6.65. The van der Waals surface area contributed by atoms with Gasteiger partial charge in [0, 0.05) is 35.2 Å². The van der Waals surface area contributed by atoms with E-state index < -0.39 is 0 Å². The molecule has 1 amide bonds. The van der Waals surface area contributed by atoms with Crippen LogP contribution < -0.4 is 15.5 Å². The van der Waals surface area contributed by atoms with E-state index in [1.54, 1.807) is 12.1 Å². The Kier molecular flexibility index (Phi) is 6.50. The lowest BCUT2D eigenvalue weighted by molar-refractivity contribution is -0.114. The molecule has 0 bridgehead atoms. The Morgan fingerprint density at radius 1 is 1.12 bits per heavy atom. The second kappa shape index (κ2) is 8.60. The highest BCUT2D eigenvalue weighted by molar-refractivity contribution is 6.30. The van der Waals surface area contributed by atoms with Crippen molar-refractivity contribution in [1.29, 1.82) is 0 Å². The number of hydrogen-bond acceptors (Lipinski definition) is 3. The maximum absolute atomic E-state index is 12.1. The molecule has 2 rings (SSSR count). The van der Waals surface area contributed by atoms with Crippen LogP contribution in [0, 0.1) is 6.92 Å². The van der Waals surface area contributed by atoms with Crippen LogP contribution in [0.1, 0.15) is 19.4 Å². The summed E-state index contributed by atoms with van der Waals surface area (Å²) in [6, 6.07) is 13.4. The summed E-state index contributed by atoms with van der Waals surface area (Å²) < 4.78 is 0. The summed E-state index contributed by atoms with van der Waals surface area (Å²) in [4.78, 5) is 14.4. The van der Waals surface area contributed by atoms with E-state index in [1.807, 2.05) is 31.2 Å². The van der Waals surface area contributed by atoms with Crippen LogP contribution in [0.15, 0.2) is 42.5 Å². The molecule has 4 nitrogen and oxygen atoms in total. The van der Waals surface area contributed by atoms with Gasteiger partial charge in [-0.25, -0.2) is 0 Å². The lowest BCUT2D eigenvalue weighted by Gasteiger charge is -2.22. The summed E-state index contributed by atoms with van der Waals surface area (Å²) in [7, 11) is 0. The van der Waals surface area contributed by atoms with E-state index in [-0.39, 0.29) is 12.5 Å². The van der Waals surface area contributed by atoms with Gasteiger partial charge in [-0.15, -0.1) is 0 Å². The third-order valence-electron chi connectivity index (χ3n) is 3.89. The number of amides is 1. The van der Waals surface area contributed by atoms with Gasteiger partial charge in [-0.3, -0.25) is 4.79 Å². The Balaban J connectivity index is 1.96. The van der Waals surface area contributed by atoms with Crippen LogP contribution in [0.4, 0.5) is 17.1 Å². The molecule has 0 radical (unpaired) electrons. The van der Waals surface area contributed by atoms with E-state index in [9.17, 15) is 4.79 Å². The number of aryl methyl sites for hydroxylation is 1. The summed E-state index contributed by atoms with van der Waals surface area (Å²) >= 11 is 5.93. The van der Waals surface area contributed by atoms with Gasteiger partial charge in [-0.1, -0.05) is 17.7 Å². The van der Waals surface area contributed by atoms with E-state index in [2.05, 4.69) is 35.4 Å². The topological polar surface area (TPSA) is 44.4 Å². The van der Waals surface area contributed by atoms with E-state index >= 15 is 0 Å². The fraction of sp³-hybridized carbons (Fsp3) is 0.316. The predicted molar refractivity (Wildman–Crippen MR) is 103 cm³/mol. The Bertz CT molecular complexity index is 699. The van der Waals surface area contributed by atoms with Crippen LogP contribution in [0.5, 0.6) is 0 Å². The van der Waals surface area contributed by atoms with Gasteiger partial charge in [0.2, 0.25) is 5.91 Å². The van der Waals surface area contributed by atoms with Crippen LogP contribution in [0.2, 0.25) is 5.02 Å². The van der Waals surface area contributed by atoms with Crippen molar-refractivity contribution in [3.8, 4) is 0 Å². The van der Waals surface area contributed by atoms with Crippen LogP contribution >= 0.6 is 11.6 Å². The van der Waals surface area contributed by atoms with E-state index in [0.717, 1.165) is 30.0 Å². The molecule has 2 aromatic carbocycles. The van der Waals surface area contributed by atoms with Gasteiger partial charge in [0.1, 0.15) is 0 Å². The molecule has 0 aliphatic carbocycles. The number of rotatable bonds is 7. The first-order valence-electron chi connectivity index (χ1n) is 8.18. The summed E-state index contributed by atoms with van der Waals surface area (Å²) in [5.74, 6) is -0.0892. The smallest absolute Gasteiger partial charge is 0.243 e. The third kappa shape index (κ3) is 4.90. The highest BCUT2D eigenvalue weighted by Gasteiger charge is 2.08. The van der Waals surface area contributed by atoms with Crippen molar-refractivity contribution < 1.29 is 4.79 Å². The molecule has 0 heterocycles. The number of anilines is 3. The average molecular weight is 346 g/mol. The van der Waals surface area contributed by atoms with Crippen LogP contribution in [0.3, 0.4) is 0 Å². The van der Waals surface area contributed by atoms with Gasteiger partial charge in [-0.2, -0.15) is 0 Å². The molecule has 24 heavy (non-hydrogen) atoms. The van der Waals surface area contributed by atoms with Crippen molar-refractivity contribution in [2.75, 3.05) is 35.2 Å². The van der Waals surface area contributed by atoms with Crippen molar-refractivity contribution in [2.24, 2.45) is 0 Å². The highest BCUT2D eigenvalue weighted by Crippen LogP contribution is 2.22. The molecule has 0 aliphatic heterocycles. The second-order valence-corrected chi connectivity index (χ2v) is 6.02. The van der Waals surface area contributed by atoms with Crippen molar-refractivity contribution >= 4 is 34.6 Å². The molecule has 128 valence electrons. The molecule has 2 N–H and O–H groups in total. The van der Waals surface area contributed by atoms with Gasteiger partial charge in [0.05, 0.1) is 6.54 Å². The normalized spacial score (nSPS) is 10.3. The molecular formula is C19H24ClN3O. The third-order valence-corrected chi connectivity index (χ3v) is 4.13. The number of hydrogen-bond donors (Lipinski definition) is 2. The maximum Gasteiger partial charge on any atom is 0.243 e. The average Bonchev–Trinajstić information content (AvgIpc) is 2.56. The monoisotopic (exact) mass is 345 g/mol. The SMILES string of the molecule is CCN(CC)c1ccc(NC(=O)CNc2cccc(Cl)c2)c(C)c1. The Labute approximate surface area is 148 Å². The van der Waals surface area contributed by atoms with Crippen molar-refractivity contribution in [1.82, 2.24) is 0 Å². The Morgan fingerprint density at radius 3 is 2.50 bits per heavy atom. The number of carbonyl (C=O) groups excluding carboxylic acids is 1. The zero-order valence-corrected chi connectivity index (χ0v) is 15.2. The molecule has 0 fully saturated rings. The molecule has 5 heteroatoms. The van der Waals surface area contributed by atoms with Crippen molar-refractivity contribution in [2.45, 2.75) is 20.8 Å². The van der Waals surface area contributed by atoms with E-state index in [1.165, 1.54) is 5.69 Å². The summed E-state index contributed by atoms with van der Waals surface area (Å²) in [6.45, 7) is 8.40. The zero-order chi connectivity index (χ0) is 17.5. The standard InChI is InChI=1S/C19H24ClN3O/c1-4-23(5-2)17-9-10-18(14(3)11-17)22-19(24)13-21-16-8-6-7-15(20)12-16/h6-12,21H,4-5,13H2,1-3H3,(H,22,24). The number of nitrogens with one attached hydrogen (secondary N) is 2. The first-order chi connectivity index (χ1) is 11.5. The minimum Gasteiger partial charge on any atom is -0.376 e. The number of halogens is 1. The zero-order valence-electron chi connectivity index (χ0n) is 14.4. The molecule has 0 unspecified atom stereocenters. The van der Waals surface area contributed by atoms with Gasteiger partial charge >= 0.3 is 0 Å². The maximum atomic E-state index is 12.1. The highest BCUT2D eigenvalue weighted by atomic mass is 35.5. The minimum atomic E-state index is -0.0892. The number of benzene rings is 2. The van der Waals surface area contributed by atoms with Gasteiger partial charge in [0.15, 0.2) is 0 Å². The van der Waals surface area contributed by atoms with Gasteiger partial charge < -0.3 is 15.5 Å². The molecule has 0 spiro atoms. The minimum absolute atomic E-state index is 0.0892. The summed E-state index contributed by atoms with van der Waals surface area (Å²) in [6.07, 6.45) is 0. The predicted octanol–water partition coefficient (Wildman–Crippen LogP) is 4.55.